The number of hydrogen-bond acceptors (Lipinski definition) is 3. The van der Waals surface area contributed by atoms with Gasteiger partial charge < -0.3 is 15.0 Å². The van der Waals surface area contributed by atoms with Crippen LogP contribution in [0.15, 0.2) is 24.3 Å². The Balaban J connectivity index is 1.52. The fourth-order valence-corrected chi connectivity index (χ4v) is 4.17. The zero-order chi connectivity index (χ0) is 19.2. The second-order valence-corrected chi connectivity index (χ2v) is 8.07. The van der Waals surface area contributed by atoms with Crippen LogP contribution < -0.4 is 5.32 Å². The number of benzene rings is 1. The van der Waals surface area contributed by atoms with E-state index in [-0.39, 0.29) is 29.9 Å². The quantitative estimate of drug-likeness (QED) is 0.823. The number of ether oxygens (including phenoxy) is 1. The number of hydrogen-bond donors (Lipinski definition) is 1. The zero-order valence-corrected chi connectivity index (χ0v) is 16.6. The second-order valence-electron chi connectivity index (χ2n) is 8.07. The lowest BCUT2D eigenvalue weighted by Gasteiger charge is -2.35. The molecular formula is C22H32N2O3. The lowest BCUT2D eigenvalue weighted by atomic mass is 9.99. The average molecular weight is 373 g/mol. The average Bonchev–Trinajstić information content (AvgIpc) is 2.95. The van der Waals surface area contributed by atoms with Gasteiger partial charge in [-0.25, -0.2) is 0 Å². The van der Waals surface area contributed by atoms with Gasteiger partial charge in [-0.2, -0.15) is 0 Å². The first kappa shape index (κ1) is 19.9. The molecule has 2 aliphatic rings. The van der Waals surface area contributed by atoms with E-state index < -0.39 is 0 Å². The van der Waals surface area contributed by atoms with Crippen LogP contribution in [0.3, 0.4) is 0 Å². The van der Waals surface area contributed by atoms with Crippen LogP contribution >= 0.6 is 0 Å². The Morgan fingerprint density at radius 3 is 2.19 bits per heavy atom. The molecule has 1 aliphatic heterocycles. The number of morpholine rings is 1. The highest BCUT2D eigenvalue weighted by Gasteiger charge is 2.26. The van der Waals surface area contributed by atoms with Crippen molar-refractivity contribution in [2.75, 3.05) is 13.1 Å². The Labute approximate surface area is 162 Å². The van der Waals surface area contributed by atoms with Crippen LogP contribution in [-0.4, -0.2) is 42.0 Å². The first-order valence-electron chi connectivity index (χ1n) is 10.3. The molecule has 2 amide bonds. The van der Waals surface area contributed by atoms with Crippen molar-refractivity contribution in [1.82, 2.24) is 10.2 Å². The maximum atomic E-state index is 12.7. The van der Waals surface area contributed by atoms with Crippen molar-refractivity contribution in [3.8, 4) is 0 Å². The van der Waals surface area contributed by atoms with Gasteiger partial charge in [0.25, 0.3) is 5.91 Å². The van der Waals surface area contributed by atoms with Crippen LogP contribution in [-0.2, 0) is 16.1 Å². The molecule has 1 N–H and O–H groups in total. The first-order chi connectivity index (χ1) is 13.0. The minimum absolute atomic E-state index is 0.0473. The third-order valence-corrected chi connectivity index (χ3v) is 5.60. The molecule has 2 unspecified atom stereocenters. The second kappa shape index (κ2) is 9.36. The van der Waals surface area contributed by atoms with E-state index in [0.717, 1.165) is 31.2 Å². The number of carbonyl (C=O) groups excluding carboxylic acids is 2. The highest BCUT2D eigenvalue weighted by Crippen LogP contribution is 2.23. The van der Waals surface area contributed by atoms with Crippen molar-refractivity contribution in [3.05, 3.63) is 35.4 Å². The van der Waals surface area contributed by atoms with Gasteiger partial charge in [0.1, 0.15) is 0 Å². The number of nitrogens with one attached hydrogen (secondary N) is 1. The molecule has 0 radical (unpaired) electrons. The fraction of sp³-hybridized carbons (Fsp3) is 0.636. The standard InChI is InChI=1S/C22H32N2O3/c1-16-14-24(15-17(2)27-16)22(26)20-11-9-18(10-12-20)13-23-21(25)19-7-5-3-4-6-8-19/h9-12,16-17,19H,3-8,13-15H2,1-2H3,(H,23,25). The molecule has 0 aromatic heterocycles. The highest BCUT2D eigenvalue weighted by atomic mass is 16.5. The predicted molar refractivity (Wildman–Crippen MR) is 105 cm³/mol. The number of amides is 2. The summed E-state index contributed by atoms with van der Waals surface area (Å²) in [4.78, 5) is 27.0. The van der Waals surface area contributed by atoms with Gasteiger partial charge in [0.05, 0.1) is 12.2 Å². The van der Waals surface area contributed by atoms with Gasteiger partial charge in [-0.05, 0) is 44.4 Å². The topological polar surface area (TPSA) is 58.6 Å². The van der Waals surface area contributed by atoms with Gasteiger partial charge in [-0.3, -0.25) is 9.59 Å². The molecule has 5 heteroatoms. The van der Waals surface area contributed by atoms with Crippen molar-refractivity contribution >= 4 is 11.8 Å². The largest absolute Gasteiger partial charge is 0.372 e. The summed E-state index contributed by atoms with van der Waals surface area (Å²) in [5.41, 5.74) is 1.72. The molecule has 1 aromatic carbocycles. The molecule has 1 heterocycles. The molecule has 1 aromatic rings. The van der Waals surface area contributed by atoms with Crippen LogP contribution in [0.4, 0.5) is 0 Å². The van der Waals surface area contributed by atoms with Crippen LogP contribution in [0.25, 0.3) is 0 Å². The molecule has 0 spiro atoms. The monoisotopic (exact) mass is 372 g/mol. The van der Waals surface area contributed by atoms with Crippen molar-refractivity contribution in [3.63, 3.8) is 0 Å². The minimum atomic E-state index is 0.0473. The summed E-state index contributed by atoms with van der Waals surface area (Å²) in [6, 6.07) is 7.60. The molecule has 5 nitrogen and oxygen atoms in total. The Bertz CT molecular complexity index is 625. The Hall–Kier alpha value is -1.88. The summed E-state index contributed by atoms with van der Waals surface area (Å²) in [7, 11) is 0. The van der Waals surface area contributed by atoms with E-state index in [0.29, 0.717) is 25.2 Å². The summed E-state index contributed by atoms with van der Waals surface area (Å²) in [6.07, 6.45) is 6.97. The van der Waals surface area contributed by atoms with Gasteiger partial charge in [-0.15, -0.1) is 0 Å². The Kier molecular flexibility index (Phi) is 6.89. The molecule has 2 fully saturated rings. The minimum Gasteiger partial charge on any atom is -0.372 e. The van der Waals surface area contributed by atoms with Crippen LogP contribution in [0.1, 0.15) is 68.3 Å². The number of nitrogens with zero attached hydrogens (tertiary/aromatic N) is 1. The van der Waals surface area contributed by atoms with Crippen molar-refractivity contribution in [2.24, 2.45) is 5.92 Å². The maximum absolute atomic E-state index is 12.7. The van der Waals surface area contributed by atoms with Crippen molar-refractivity contribution < 1.29 is 14.3 Å². The van der Waals surface area contributed by atoms with Crippen LogP contribution in [0.5, 0.6) is 0 Å². The lowest BCUT2D eigenvalue weighted by Crippen LogP contribution is -2.48. The van der Waals surface area contributed by atoms with Gasteiger partial charge in [-0.1, -0.05) is 37.8 Å². The Morgan fingerprint density at radius 2 is 1.59 bits per heavy atom. The van der Waals surface area contributed by atoms with Gasteiger partial charge in [0.15, 0.2) is 0 Å². The molecule has 0 bridgehead atoms. The van der Waals surface area contributed by atoms with E-state index in [9.17, 15) is 9.59 Å². The van der Waals surface area contributed by atoms with Crippen molar-refractivity contribution in [1.29, 1.82) is 0 Å². The first-order valence-corrected chi connectivity index (χ1v) is 10.3. The molecule has 3 rings (SSSR count). The van der Waals surface area contributed by atoms with E-state index in [1.807, 2.05) is 43.0 Å². The molecular weight excluding hydrogens is 340 g/mol. The molecule has 1 saturated carbocycles. The lowest BCUT2D eigenvalue weighted by molar-refractivity contribution is -0.125. The van der Waals surface area contributed by atoms with Crippen molar-refractivity contribution in [2.45, 2.75) is 71.1 Å². The summed E-state index contributed by atoms with van der Waals surface area (Å²) in [5.74, 6) is 0.387. The van der Waals surface area contributed by atoms with Crippen LogP contribution in [0.2, 0.25) is 0 Å². The zero-order valence-electron chi connectivity index (χ0n) is 16.6. The molecule has 2 atom stereocenters. The molecule has 1 saturated heterocycles. The summed E-state index contributed by atoms with van der Waals surface area (Å²) in [5, 5.41) is 3.07. The van der Waals surface area contributed by atoms with Gasteiger partial charge in [0, 0.05) is 31.1 Å². The van der Waals surface area contributed by atoms with E-state index in [1.54, 1.807) is 0 Å². The van der Waals surface area contributed by atoms with E-state index in [2.05, 4.69) is 5.32 Å². The summed E-state index contributed by atoms with van der Waals surface area (Å²) in [6.45, 7) is 5.77. The Morgan fingerprint density at radius 1 is 1.00 bits per heavy atom. The molecule has 1 aliphatic carbocycles. The third kappa shape index (κ3) is 5.55. The van der Waals surface area contributed by atoms with E-state index in [4.69, 9.17) is 4.74 Å². The number of carbonyl (C=O) groups is 2. The summed E-state index contributed by atoms with van der Waals surface area (Å²) < 4.78 is 5.70. The molecule has 27 heavy (non-hydrogen) atoms. The SMILES string of the molecule is CC1CN(C(=O)c2ccc(CNC(=O)C3CCCCCC3)cc2)CC(C)O1. The summed E-state index contributed by atoms with van der Waals surface area (Å²) >= 11 is 0. The third-order valence-electron chi connectivity index (χ3n) is 5.60. The van der Waals surface area contributed by atoms with Gasteiger partial charge in [0.2, 0.25) is 5.91 Å². The fourth-order valence-electron chi connectivity index (χ4n) is 4.17. The highest BCUT2D eigenvalue weighted by molar-refractivity contribution is 5.94. The normalized spacial score (nSPS) is 24.3. The number of rotatable bonds is 4. The maximum Gasteiger partial charge on any atom is 0.254 e. The predicted octanol–water partition coefficient (Wildman–Crippen LogP) is 3.52. The van der Waals surface area contributed by atoms with E-state index in [1.165, 1.54) is 12.8 Å². The smallest absolute Gasteiger partial charge is 0.254 e. The van der Waals surface area contributed by atoms with Crippen LogP contribution in [0, 0.1) is 5.92 Å². The van der Waals surface area contributed by atoms with Gasteiger partial charge >= 0.3 is 0 Å². The molecule has 148 valence electrons. The van der Waals surface area contributed by atoms with E-state index >= 15 is 0 Å².